The van der Waals surface area contributed by atoms with Crippen molar-refractivity contribution >= 4 is 62.7 Å². The van der Waals surface area contributed by atoms with Gasteiger partial charge in [0, 0.05) is 40.8 Å². The summed E-state index contributed by atoms with van der Waals surface area (Å²) in [6.45, 7) is 4.55. The summed E-state index contributed by atoms with van der Waals surface area (Å²) in [5.74, 6) is -0.0895. The van der Waals surface area contributed by atoms with Gasteiger partial charge in [-0.05, 0) is 66.5 Å². The van der Waals surface area contributed by atoms with E-state index in [9.17, 15) is 10.1 Å². The van der Waals surface area contributed by atoms with Gasteiger partial charge in [0.15, 0.2) is 5.11 Å². The Hall–Kier alpha value is -3.68. The van der Waals surface area contributed by atoms with E-state index in [-0.39, 0.29) is 11.2 Å². The lowest BCUT2D eigenvalue weighted by atomic mass is 10.0. The first-order valence-corrected chi connectivity index (χ1v) is 15.6. The molecular formula is C32H31N5OS3. The number of para-hydroxylation sites is 1. The van der Waals surface area contributed by atoms with Gasteiger partial charge in [-0.3, -0.25) is 9.69 Å². The molecule has 6 nitrogen and oxygen atoms in total. The van der Waals surface area contributed by atoms with Crippen LogP contribution < -0.4 is 16.0 Å². The molecule has 0 saturated heterocycles. The Balaban J connectivity index is 1.22. The number of thiocarbonyl (C=S) groups is 1. The maximum Gasteiger partial charge on any atom is 0.238 e. The van der Waals surface area contributed by atoms with Crippen LogP contribution in [0.4, 0.5) is 16.4 Å². The molecule has 41 heavy (non-hydrogen) atoms. The van der Waals surface area contributed by atoms with Gasteiger partial charge in [-0.15, -0.1) is 23.1 Å². The van der Waals surface area contributed by atoms with Crippen molar-refractivity contribution < 1.29 is 4.79 Å². The Morgan fingerprint density at radius 2 is 1.73 bits per heavy atom. The lowest BCUT2D eigenvalue weighted by molar-refractivity contribution is -0.115. The number of hydrogen-bond acceptors (Lipinski definition) is 6. The van der Waals surface area contributed by atoms with Crippen molar-refractivity contribution in [2.24, 2.45) is 0 Å². The van der Waals surface area contributed by atoms with Crippen LogP contribution in [0.2, 0.25) is 0 Å². The number of anilines is 3. The highest BCUT2D eigenvalue weighted by atomic mass is 32.2. The summed E-state index contributed by atoms with van der Waals surface area (Å²) in [5.41, 5.74) is 4.73. The van der Waals surface area contributed by atoms with E-state index in [1.165, 1.54) is 33.5 Å². The number of nitrogens with one attached hydrogen (secondary N) is 3. The number of nitrogens with zero attached hydrogens (tertiary/aromatic N) is 2. The minimum Gasteiger partial charge on any atom is -0.332 e. The molecule has 1 aliphatic heterocycles. The van der Waals surface area contributed by atoms with Gasteiger partial charge >= 0.3 is 0 Å². The van der Waals surface area contributed by atoms with Crippen molar-refractivity contribution in [1.29, 1.82) is 5.26 Å². The van der Waals surface area contributed by atoms with Crippen LogP contribution in [0.3, 0.4) is 0 Å². The molecule has 0 radical (unpaired) electrons. The predicted molar refractivity (Wildman–Crippen MR) is 175 cm³/mol. The van der Waals surface area contributed by atoms with Gasteiger partial charge in [0.25, 0.3) is 0 Å². The molecule has 1 aromatic heterocycles. The van der Waals surface area contributed by atoms with Crippen molar-refractivity contribution in [2.75, 3.05) is 22.5 Å². The van der Waals surface area contributed by atoms with Crippen molar-refractivity contribution in [3.8, 4) is 6.07 Å². The monoisotopic (exact) mass is 597 g/mol. The zero-order valence-corrected chi connectivity index (χ0v) is 25.2. The van der Waals surface area contributed by atoms with E-state index in [0.29, 0.717) is 22.1 Å². The highest BCUT2D eigenvalue weighted by Crippen LogP contribution is 2.38. The van der Waals surface area contributed by atoms with Crippen LogP contribution in [0.1, 0.15) is 34.9 Å². The van der Waals surface area contributed by atoms with Gasteiger partial charge in [-0.1, -0.05) is 61.5 Å². The number of fused-ring (bicyclic) bond motifs is 1. The Kier molecular flexibility index (Phi) is 9.70. The molecule has 4 aromatic rings. The van der Waals surface area contributed by atoms with Crippen LogP contribution in [0, 0.1) is 11.3 Å². The minimum atomic E-state index is -0.306. The lowest BCUT2D eigenvalue weighted by Crippen LogP contribution is -2.29. The van der Waals surface area contributed by atoms with Gasteiger partial charge in [0.05, 0.1) is 10.8 Å². The van der Waals surface area contributed by atoms with E-state index in [2.05, 4.69) is 51.2 Å². The molecule has 0 aliphatic carbocycles. The van der Waals surface area contributed by atoms with Gasteiger partial charge in [-0.25, -0.2) is 0 Å². The highest BCUT2D eigenvalue weighted by Gasteiger charge is 2.27. The summed E-state index contributed by atoms with van der Waals surface area (Å²) in [7, 11) is 0. The molecule has 3 aromatic carbocycles. The van der Waals surface area contributed by atoms with Crippen LogP contribution in [0.15, 0.2) is 89.8 Å². The minimum absolute atomic E-state index is 0.0895. The van der Waals surface area contributed by atoms with Crippen molar-refractivity contribution in [3.05, 3.63) is 106 Å². The van der Waals surface area contributed by atoms with E-state index in [0.717, 1.165) is 47.9 Å². The van der Waals surface area contributed by atoms with Gasteiger partial charge in [-0.2, -0.15) is 5.26 Å². The third kappa shape index (κ3) is 7.54. The van der Waals surface area contributed by atoms with E-state index < -0.39 is 0 Å². The normalized spacial score (nSPS) is 13.5. The number of rotatable bonds is 9. The molecule has 1 atom stereocenters. The third-order valence-corrected chi connectivity index (χ3v) is 9.49. The van der Waals surface area contributed by atoms with E-state index in [1.54, 1.807) is 0 Å². The topological polar surface area (TPSA) is 80.2 Å². The summed E-state index contributed by atoms with van der Waals surface area (Å²) in [6, 6.07) is 30.4. The molecule has 9 heteroatoms. The number of hydrogen-bond donors (Lipinski definition) is 3. The predicted octanol–water partition coefficient (Wildman–Crippen LogP) is 7.50. The highest BCUT2D eigenvalue weighted by molar-refractivity contribution is 8.00. The Morgan fingerprint density at radius 3 is 2.46 bits per heavy atom. The summed E-state index contributed by atoms with van der Waals surface area (Å²) in [4.78, 5) is 17.9. The van der Waals surface area contributed by atoms with E-state index in [4.69, 9.17) is 12.2 Å². The molecule has 1 aliphatic rings. The number of carbonyl (C=O) groups excluding carboxylic acids is 1. The first kappa shape index (κ1) is 28.8. The summed E-state index contributed by atoms with van der Waals surface area (Å²) in [6.07, 6.45) is 1.46. The standard InChI is InChI=1S/C32H31N5OS3/c1-2-28(40-25-15-9-14-24(18-25)35-32(39)34-23-12-7-4-8-13-23)30(38)36-31-27(19-33)26-16-17-37(21-29(26)41-31)20-22-10-5-3-6-11-22/h3-15,18,28H,2,16-17,20-21H2,1H3,(H,36,38)(H2,34,35,39). The van der Waals surface area contributed by atoms with Crippen LogP contribution in [0.25, 0.3) is 0 Å². The fourth-order valence-electron chi connectivity index (χ4n) is 4.78. The SMILES string of the molecule is CCC(Sc1cccc(NC(=S)Nc2ccccc2)c1)C(=O)Nc1sc2c(c1C#N)CCN(Cc1ccccc1)C2. The zero-order valence-electron chi connectivity index (χ0n) is 22.7. The summed E-state index contributed by atoms with van der Waals surface area (Å²) >= 11 is 8.51. The number of benzene rings is 3. The number of amides is 1. The maximum atomic E-state index is 13.4. The number of thioether (sulfide) groups is 1. The summed E-state index contributed by atoms with van der Waals surface area (Å²) in [5, 5.41) is 20.3. The van der Waals surface area contributed by atoms with E-state index >= 15 is 0 Å². The number of carbonyl (C=O) groups is 1. The molecule has 0 bridgehead atoms. The maximum absolute atomic E-state index is 13.4. The quantitative estimate of drug-likeness (QED) is 0.136. The van der Waals surface area contributed by atoms with Crippen molar-refractivity contribution in [1.82, 2.24) is 4.90 Å². The van der Waals surface area contributed by atoms with Crippen LogP contribution in [-0.2, 0) is 24.3 Å². The second kappa shape index (κ2) is 13.8. The molecule has 2 heterocycles. The van der Waals surface area contributed by atoms with Crippen LogP contribution in [-0.4, -0.2) is 27.7 Å². The smallest absolute Gasteiger partial charge is 0.238 e. The fourth-order valence-corrected chi connectivity index (χ4v) is 7.27. The molecule has 5 rings (SSSR count). The zero-order chi connectivity index (χ0) is 28.6. The van der Waals surface area contributed by atoms with Crippen molar-refractivity contribution in [2.45, 2.75) is 43.0 Å². The molecule has 0 fully saturated rings. The van der Waals surface area contributed by atoms with Gasteiger partial charge < -0.3 is 16.0 Å². The summed E-state index contributed by atoms with van der Waals surface area (Å²) < 4.78 is 0. The van der Waals surface area contributed by atoms with Gasteiger partial charge in [0.1, 0.15) is 11.1 Å². The van der Waals surface area contributed by atoms with Crippen LogP contribution in [0.5, 0.6) is 0 Å². The average molecular weight is 598 g/mol. The molecular weight excluding hydrogens is 567 g/mol. The number of thiophene rings is 1. The number of nitriles is 1. The molecule has 1 amide bonds. The van der Waals surface area contributed by atoms with Crippen LogP contribution >= 0.6 is 35.3 Å². The Bertz CT molecular complexity index is 1550. The van der Waals surface area contributed by atoms with Crippen molar-refractivity contribution in [3.63, 3.8) is 0 Å². The first-order valence-electron chi connectivity index (χ1n) is 13.5. The molecule has 1 unspecified atom stereocenters. The molecule has 3 N–H and O–H groups in total. The third-order valence-electron chi connectivity index (χ3n) is 6.80. The van der Waals surface area contributed by atoms with E-state index in [1.807, 2.05) is 67.6 Å². The Labute approximate surface area is 254 Å². The molecule has 0 spiro atoms. The average Bonchev–Trinajstić information content (AvgIpc) is 3.33. The Morgan fingerprint density at radius 1 is 1.02 bits per heavy atom. The second-order valence-electron chi connectivity index (χ2n) is 9.74. The lowest BCUT2D eigenvalue weighted by Gasteiger charge is -2.26. The molecule has 208 valence electrons. The fraction of sp³-hybridized carbons (Fsp3) is 0.219. The van der Waals surface area contributed by atoms with Gasteiger partial charge in [0.2, 0.25) is 5.91 Å². The molecule has 0 saturated carbocycles. The first-order chi connectivity index (χ1) is 20.0. The second-order valence-corrected chi connectivity index (χ2v) is 12.5. The largest absolute Gasteiger partial charge is 0.332 e.